The van der Waals surface area contributed by atoms with Crippen LogP contribution in [0.5, 0.6) is 0 Å². The first-order valence-electron chi connectivity index (χ1n) is 7.58. The average Bonchev–Trinajstić information content (AvgIpc) is 3.10. The van der Waals surface area contributed by atoms with Crippen LogP contribution in [0.1, 0.15) is 16.2 Å². The maximum absolute atomic E-state index is 12.4. The summed E-state index contributed by atoms with van der Waals surface area (Å²) in [5, 5.41) is 11.6. The normalized spacial score (nSPS) is 10.4. The lowest BCUT2D eigenvalue weighted by atomic mass is 10.3. The van der Waals surface area contributed by atoms with E-state index in [0.717, 1.165) is 5.69 Å². The molecule has 0 fully saturated rings. The number of carbonyl (C=O) groups excluding carboxylic acids is 1. The van der Waals surface area contributed by atoms with E-state index >= 15 is 0 Å². The monoisotopic (exact) mass is 352 g/mol. The van der Waals surface area contributed by atoms with Gasteiger partial charge in [0.25, 0.3) is 5.91 Å². The highest BCUT2D eigenvalue weighted by atomic mass is 32.2. The van der Waals surface area contributed by atoms with Gasteiger partial charge in [0.05, 0.1) is 11.4 Å². The molecule has 8 heteroatoms. The lowest BCUT2D eigenvalue weighted by Crippen LogP contribution is -2.25. The number of nitrogens with one attached hydrogen (secondary N) is 1. The van der Waals surface area contributed by atoms with Crippen LogP contribution >= 0.6 is 11.8 Å². The summed E-state index contributed by atoms with van der Waals surface area (Å²) in [4.78, 5) is 20.8. The molecule has 1 amide bonds. The minimum absolute atomic E-state index is 0.285. The van der Waals surface area contributed by atoms with Crippen LogP contribution in [-0.2, 0) is 5.75 Å². The molecule has 1 aromatic carbocycles. The van der Waals surface area contributed by atoms with Gasteiger partial charge in [-0.15, -0.1) is 11.7 Å². The largest absolute Gasteiger partial charge is 0.347 e. The number of carbonyl (C=O) groups is 1. The molecule has 0 aliphatic heterocycles. The van der Waals surface area contributed by atoms with Crippen LogP contribution in [-0.4, -0.2) is 37.4 Å². The molecule has 0 atom stereocenters. The molecule has 2 aromatic heterocycles. The predicted molar refractivity (Wildman–Crippen MR) is 95.5 cm³/mol. The molecule has 0 aliphatic rings. The van der Waals surface area contributed by atoms with E-state index in [9.17, 15) is 4.79 Å². The van der Waals surface area contributed by atoms with Gasteiger partial charge in [0.15, 0.2) is 10.9 Å². The predicted octanol–water partition coefficient (Wildman–Crippen LogP) is 2.27. The highest BCUT2D eigenvalue weighted by Gasteiger charge is 2.20. The lowest BCUT2D eigenvalue weighted by Gasteiger charge is -2.07. The summed E-state index contributed by atoms with van der Waals surface area (Å²) in [5.74, 6) is 0.176. The highest BCUT2D eigenvalue weighted by Crippen LogP contribution is 2.22. The van der Waals surface area contributed by atoms with Crippen molar-refractivity contribution in [3.63, 3.8) is 0 Å². The van der Waals surface area contributed by atoms with Gasteiger partial charge in [-0.05, 0) is 18.2 Å². The third-order valence-corrected chi connectivity index (χ3v) is 4.15. The van der Waals surface area contributed by atoms with E-state index in [1.165, 1.54) is 11.8 Å². The average molecular weight is 352 g/mol. The van der Waals surface area contributed by atoms with Crippen molar-refractivity contribution < 1.29 is 4.79 Å². The topological polar surface area (TPSA) is 85.6 Å². The maximum atomic E-state index is 12.4. The van der Waals surface area contributed by atoms with E-state index in [1.807, 2.05) is 30.3 Å². The van der Waals surface area contributed by atoms with Crippen LogP contribution in [0.3, 0.4) is 0 Å². The van der Waals surface area contributed by atoms with E-state index < -0.39 is 0 Å². The molecule has 7 nitrogen and oxygen atoms in total. The second kappa shape index (κ2) is 8.20. The molecule has 0 radical (unpaired) electrons. The summed E-state index contributed by atoms with van der Waals surface area (Å²) < 4.78 is 1.67. The molecule has 2 heterocycles. The van der Waals surface area contributed by atoms with Crippen molar-refractivity contribution in [2.24, 2.45) is 0 Å². The number of rotatable bonds is 7. The van der Waals surface area contributed by atoms with Gasteiger partial charge in [0.1, 0.15) is 0 Å². The molecule has 0 aliphatic carbocycles. The molecular weight excluding hydrogens is 336 g/mol. The first-order chi connectivity index (χ1) is 12.3. The van der Waals surface area contributed by atoms with Crippen LogP contribution in [0.2, 0.25) is 0 Å². The molecular formula is C17H16N6OS. The number of aromatic nitrogens is 5. The van der Waals surface area contributed by atoms with Gasteiger partial charge >= 0.3 is 0 Å². The fraction of sp³-hybridized carbons (Fsp3) is 0.118. The van der Waals surface area contributed by atoms with Gasteiger partial charge in [-0.1, -0.05) is 41.3 Å². The summed E-state index contributed by atoms with van der Waals surface area (Å²) in [7, 11) is 0. The number of nitrogens with zero attached hydrogens (tertiary/aromatic N) is 5. The number of hydrogen-bond donors (Lipinski definition) is 1. The summed E-state index contributed by atoms with van der Waals surface area (Å²) in [6.07, 6.45) is 4.98. The van der Waals surface area contributed by atoms with Crippen LogP contribution in [0.4, 0.5) is 0 Å². The van der Waals surface area contributed by atoms with Gasteiger partial charge in [-0.3, -0.25) is 4.79 Å². The minimum Gasteiger partial charge on any atom is -0.347 e. The fourth-order valence-corrected chi connectivity index (χ4v) is 2.92. The van der Waals surface area contributed by atoms with Crippen LogP contribution < -0.4 is 5.32 Å². The molecule has 3 aromatic rings. The van der Waals surface area contributed by atoms with Crippen molar-refractivity contribution in [2.45, 2.75) is 10.9 Å². The Morgan fingerprint density at radius 2 is 1.96 bits per heavy atom. The minimum atomic E-state index is -0.285. The van der Waals surface area contributed by atoms with Gasteiger partial charge in [-0.2, -0.15) is 0 Å². The van der Waals surface area contributed by atoms with E-state index in [-0.39, 0.29) is 11.6 Å². The van der Waals surface area contributed by atoms with E-state index in [2.05, 4.69) is 32.2 Å². The molecule has 0 saturated carbocycles. The molecule has 0 saturated heterocycles. The Labute approximate surface area is 149 Å². The summed E-state index contributed by atoms with van der Waals surface area (Å²) in [6, 6.07) is 11.3. The SMILES string of the molecule is C=CCNC(=O)c1nnn(-c2ccccc2)c1CSc1ncccn1. The molecule has 0 spiro atoms. The van der Waals surface area contributed by atoms with E-state index in [0.29, 0.717) is 23.1 Å². The summed E-state index contributed by atoms with van der Waals surface area (Å²) >= 11 is 1.42. The van der Waals surface area contributed by atoms with Crippen molar-refractivity contribution in [3.05, 3.63) is 72.8 Å². The van der Waals surface area contributed by atoms with Gasteiger partial charge < -0.3 is 5.32 Å². The molecule has 1 N–H and O–H groups in total. The van der Waals surface area contributed by atoms with Crippen molar-refractivity contribution in [2.75, 3.05) is 6.54 Å². The lowest BCUT2D eigenvalue weighted by molar-refractivity contribution is 0.0952. The Kier molecular flexibility index (Phi) is 5.53. The standard InChI is InChI=1S/C17H16N6OS/c1-2-9-18-16(24)15-14(12-25-17-19-10-6-11-20-17)23(22-21-15)13-7-4-3-5-8-13/h2-8,10-11H,1,9,12H2,(H,18,24). The molecule has 3 rings (SSSR count). The van der Waals surface area contributed by atoms with Gasteiger partial charge in [0, 0.05) is 24.7 Å². The summed E-state index contributed by atoms with van der Waals surface area (Å²) in [6.45, 7) is 3.97. The third kappa shape index (κ3) is 4.10. The van der Waals surface area contributed by atoms with Crippen LogP contribution in [0.15, 0.2) is 66.6 Å². The maximum Gasteiger partial charge on any atom is 0.274 e. The molecule has 0 bridgehead atoms. The van der Waals surface area contributed by atoms with Crippen molar-refractivity contribution >= 4 is 17.7 Å². The van der Waals surface area contributed by atoms with Crippen molar-refractivity contribution in [1.82, 2.24) is 30.3 Å². The number of thioether (sulfide) groups is 1. The van der Waals surface area contributed by atoms with Crippen molar-refractivity contribution in [3.8, 4) is 5.69 Å². The smallest absolute Gasteiger partial charge is 0.274 e. The van der Waals surface area contributed by atoms with Gasteiger partial charge in [0.2, 0.25) is 0 Å². The number of amides is 1. The number of hydrogen-bond acceptors (Lipinski definition) is 6. The Bertz CT molecular complexity index is 850. The number of para-hydroxylation sites is 1. The fourth-order valence-electron chi connectivity index (χ4n) is 2.13. The quantitative estimate of drug-likeness (QED) is 0.399. The third-order valence-electron chi connectivity index (χ3n) is 3.27. The molecule has 0 unspecified atom stereocenters. The molecule has 25 heavy (non-hydrogen) atoms. The van der Waals surface area contributed by atoms with Crippen LogP contribution in [0, 0.1) is 0 Å². The zero-order valence-electron chi connectivity index (χ0n) is 13.4. The first-order valence-corrected chi connectivity index (χ1v) is 8.57. The van der Waals surface area contributed by atoms with Crippen molar-refractivity contribution in [1.29, 1.82) is 0 Å². The zero-order valence-corrected chi connectivity index (χ0v) is 14.2. The second-order valence-corrected chi connectivity index (χ2v) is 5.89. The first kappa shape index (κ1) is 16.8. The summed E-state index contributed by atoms with van der Waals surface area (Å²) in [5.41, 5.74) is 1.81. The zero-order chi connectivity index (χ0) is 17.5. The van der Waals surface area contributed by atoms with E-state index in [4.69, 9.17) is 0 Å². The molecule has 126 valence electrons. The Hall–Kier alpha value is -3.00. The highest BCUT2D eigenvalue weighted by molar-refractivity contribution is 7.98. The van der Waals surface area contributed by atoms with Gasteiger partial charge in [-0.25, -0.2) is 14.6 Å². The van der Waals surface area contributed by atoms with Crippen LogP contribution in [0.25, 0.3) is 5.69 Å². The Morgan fingerprint density at radius 1 is 1.20 bits per heavy atom. The Balaban J connectivity index is 1.91. The number of benzene rings is 1. The second-order valence-electron chi connectivity index (χ2n) is 4.95. The Morgan fingerprint density at radius 3 is 2.68 bits per heavy atom. The van der Waals surface area contributed by atoms with E-state index in [1.54, 1.807) is 29.2 Å².